The third-order valence-electron chi connectivity index (χ3n) is 4.37. The highest BCUT2D eigenvalue weighted by atomic mass is 16.2. The summed E-state index contributed by atoms with van der Waals surface area (Å²) >= 11 is 0. The average Bonchev–Trinajstić information content (AvgIpc) is 2.76. The molecule has 0 radical (unpaired) electrons. The van der Waals surface area contributed by atoms with Gasteiger partial charge < -0.3 is 15.1 Å². The predicted octanol–water partition coefficient (Wildman–Crippen LogP) is -2.17. The van der Waals surface area contributed by atoms with Gasteiger partial charge in [-0.3, -0.25) is 23.5 Å². The molecule has 1 aliphatic rings. The summed E-state index contributed by atoms with van der Waals surface area (Å²) < 4.78 is 2.10. The van der Waals surface area contributed by atoms with Crippen molar-refractivity contribution in [1.29, 1.82) is 0 Å². The van der Waals surface area contributed by atoms with Crippen LogP contribution in [-0.4, -0.2) is 71.0 Å². The van der Waals surface area contributed by atoms with Gasteiger partial charge in [0.05, 0.1) is 5.92 Å². The van der Waals surface area contributed by atoms with Gasteiger partial charge in [0.25, 0.3) is 11.5 Å². The summed E-state index contributed by atoms with van der Waals surface area (Å²) in [5.41, 5.74) is -1.06. The van der Waals surface area contributed by atoms with Crippen molar-refractivity contribution in [3.63, 3.8) is 0 Å². The molecule has 1 aromatic heterocycles. The molecule has 1 atom stereocenters. The first kappa shape index (κ1) is 17.9. The van der Waals surface area contributed by atoms with Gasteiger partial charge in [0.1, 0.15) is 5.69 Å². The Hall–Kier alpha value is -2.42. The van der Waals surface area contributed by atoms with Crippen LogP contribution in [0.1, 0.15) is 10.5 Å². The first-order valence-electron chi connectivity index (χ1n) is 7.72. The molecule has 2 rings (SSSR count). The molecule has 2 amide bonds. The van der Waals surface area contributed by atoms with Crippen molar-refractivity contribution in [2.75, 3.05) is 40.3 Å². The smallest absolute Gasteiger partial charge is 0.331 e. The zero-order valence-electron chi connectivity index (χ0n) is 14.4. The van der Waals surface area contributed by atoms with E-state index in [1.807, 2.05) is 11.9 Å². The fourth-order valence-electron chi connectivity index (χ4n) is 2.83. The van der Waals surface area contributed by atoms with Crippen LogP contribution in [0.3, 0.4) is 0 Å². The topological polar surface area (TPSA) is 96.7 Å². The quantitative estimate of drug-likeness (QED) is 0.663. The number of aromatic nitrogens is 2. The maximum absolute atomic E-state index is 12.8. The van der Waals surface area contributed by atoms with E-state index in [-0.39, 0.29) is 24.1 Å². The van der Waals surface area contributed by atoms with Gasteiger partial charge in [-0.25, -0.2) is 4.79 Å². The van der Waals surface area contributed by atoms with Crippen LogP contribution >= 0.6 is 0 Å². The number of likely N-dealkylation sites (N-methyl/N-ethyl adjacent to an activating group) is 1. The highest BCUT2D eigenvalue weighted by molar-refractivity contribution is 5.93. The Morgan fingerprint density at radius 3 is 2.38 bits per heavy atom. The van der Waals surface area contributed by atoms with Crippen LogP contribution in [0.15, 0.2) is 15.7 Å². The highest BCUT2D eigenvalue weighted by Gasteiger charge is 2.30. The van der Waals surface area contributed by atoms with Gasteiger partial charge in [-0.2, -0.15) is 0 Å². The third kappa shape index (κ3) is 3.40. The van der Waals surface area contributed by atoms with Crippen LogP contribution in [0, 0.1) is 5.92 Å². The van der Waals surface area contributed by atoms with Crippen LogP contribution in [0.2, 0.25) is 0 Å². The minimum Gasteiger partial charge on any atom is -0.359 e. The number of rotatable bonds is 2. The molecule has 9 heteroatoms. The molecule has 1 aliphatic heterocycles. The van der Waals surface area contributed by atoms with Crippen LogP contribution in [-0.2, 0) is 18.9 Å². The van der Waals surface area contributed by atoms with Gasteiger partial charge in [-0.1, -0.05) is 0 Å². The van der Waals surface area contributed by atoms with Gasteiger partial charge in [-0.15, -0.1) is 0 Å². The Labute approximate surface area is 139 Å². The summed E-state index contributed by atoms with van der Waals surface area (Å²) in [7, 11) is 6.26. The summed E-state index contributed by atoms with van der Waals surface area (Å²) in [5.74, 6) is -0.925. The number of nitrogens with zero attached hydrogens (tertiary/aromatic N) is 4. The number of carbonyl (C=O) groups excluding carboxylic acids is 2. The number of hydrogen-bond acceptors (Lipinski definition) is 5. The zero-order valence-corrected chi connectivity index (χ0v) is 14.4. The molecular weight excluding hydrogens is 314 g/mol. The number of hydrogen-bond donors (Lipinski definition) is 1. The van der Waals surface area contributed by atoms with E-state index >= 15 is 0 Å². The standard InChI is InChI=1S/C15H23N5O4/c1-16-13(22)10-8-17(2)5-6-20(9-10)14(23)11-7-12(21)19(4)15(24)18(11)3/h7,10H,5-6,8-9H2,1-4H3,(H,16,22)/t10-/m0/s1. The van der Waals surface area contributed by atoms with Crippen molar-refractivity contribution in [1.82, 2.24) is 24.3 Å². The molecule has 9 nitrogen and oxygen atoms in total. The van der Waals surface area contributed by atoms with Gasteiger partial charge >= 0.3 is 5.69 Å². The summed E-state index contributed by atoms with van der Waals surface area (Å²) in [6.07, 6.45) is 0. The first-order valence-corrected chi connectivity index (χ1v) is 7.72. The Morgan fingerprint density at radius 1 is 1.08 bits per heavy atom. The third-order valence-corrected chi connectivity index (χ3v) is 4.37. The normalized spacial score (nSPS) is 19.0. The van der Waals surface area contributed by atoms with Crippen molar-refractivity contribution in [3.05, 3.63) is 32.6 Å². The van der Waals surface area contributed by atoms with Gasteiger partial charge in [-0.05, 0) is 7.05 Å². The lowest BCUT2D eigenvalue weighted by molar-refractivity contribution is -0.125. The summed E-state index contributed by atoms with van der Waals surface area (Å²) in [5, 5.41) is 2.61. The van der Waals surface area contributed by atoms with Crippen molar-refractivity contribution in [2.24, 2.45) is 20.0 Å². The maximum atomic E-state index is 12.8. The van der Waals surface area contributed by atoms with Crippen LogP contribution < -0.4 is 16.6 Å². The Morgan fingerprint density at radius 2 is 1.75 bits per heavy atom. The van der Waals surface area contributed by atoms with Gasteiger partial charge in [0.15, 0.2) is 0 Å². The van der Waals surface area contributed by atoms with E-state index in [4.69, 9.17) is 0 Å². The lowest BCUT2D eigenvalue weighted by Crippen LogP contribution is -2.45. The second-order valence-electron chi connectivity index (χ2n) is 6.09. The van der Waals surface area contributed by atoms with E-state index in [9.17, 15) is 19.2 Å². The highest BCUT2D eigenvalue weighted by Crippen LogP contribution is 2.11. The molecule has 0 bridgehead atoms. The predicted molar refractivity (Wildman–Crippen MR) is 87.9 cm³/mol. The average molecular weight is 337 g/mol. The molecular formula is C15H23N5O4. The Bertz CT molecular complexity index is 766. The second-order valence-corrected chi connectivity index (χ2v) is 6.09. The monoisotopic (exact) mass is 337 g/mol. The fraction of sp³-hybridized carbons (Fsp3) is 0.600. The molecule has 1 aromatic rings. The molecule has 0 unspecified atom stereocenters. The van der Waals surface area contributed by atoms with Gasteiger partial charge in [0.2, 0.25) is 5.91 Å². The molecule has 0 aliphatic carbocycles. The Balaban J connectivity index is 2.36. The van der Waals surface area contributed by atoms with E-state index in [1.54, 1.807) is 7.05 Å². The van der Waals surface area contributed by atoms with Crippen molar-refractivity contribution in [2.45, 2.75) is 0 Å². The number of nitrogens with one attached hydrogen (secondary N) is 1. The summed E-state index contributed by atoms with van der Waals surface area (Å²) in [6.45, 7) is 1.81. The summed E-state index contributed by atoms with van der Waals surface area (Å²) in [4.78, 5) is 52.2. The number of amides is 2. The van der Waals surface area contributed by atoms with E-state index in [1.165, 1.54) is 19.0 Å². The maximum Gasteiger partial charge on any atom is 0.331 e. The van der Waals surface area contributed by atoms with Crippen LogP contribution in [0.5, 0.6) is 0 Å². The lowest BCUT2D eigenvalue weighted by Gasteiger charge is -2.24. The zero-order chi connectivity index (χ0) is 18.0. The summed E-state index contributed by atoms with van der Waals surface area (Å²) in [6, 6.07) is 1.16. The van der Waals surface area contributed by atoms with Crippen molar-refractivity contribution >= 4 is 11.8 Å². The largest absolute Gasteiger partial charge is 0.359 e. The minimum absolute atomic E-state index is 0.0308. The van der Waals surface area contributed by atoms with E-state index in [0.717, 1.165) is 15.2 Å². The lowest BCUT2D eigenvalue weighted by atomic mass is 10.1. The van der Waals surface area contributed by atoms with Crippen molar-refractivity contribution < 1.29 is 9.59 Å². The molecule has 0 saturated carbocycles. The van der Waals surface area contributed by atoms with E-state index < -0.39 is 17.2 Å². The molecule has 132 valence electrons. The van der Waals surface area contributed by atoms with Crippen LogP contribution in [0.4, 0.5) is 0 Å². The molecule has 1 fully saturated rings. The van der Waals surface area contributed by atoms with Crippen molar-refractivity contribution in [3.8, 4) is 0 Å². The molecule has 24 heavy (non-hydrogen) atoms. The first-order chi connectivity index (χ1) is 11.3. The fourth-order valence-corrected chi connectivity index (χ4v) is 2.83. The molecule has 2 heterocycles. The minimum atomic E-state index is -0.555. The molecule has 1 saturated heterocycles. The molecule has 1 N–H and O–H groups in total. The van der Waals surface area contributed by atoms with Crippen LogP contribution in [0.25, 0.3) is 0 Å². The Kier molecular flexibility index (Phi) is 5.23. The van der Waals surface area contributed by atoms with Gasteiger partial charge in [0, 0.05) is 53.4 Å². The number of carbonyl (C=O) groups is 2. The SMILES string of the molecule is CNC(=O)[C@H]1CN(C)CCN(C(=O)c2cc(=O)n(C)c(=O)n2C)C1. The molecule has 0 aromatic carbocycles. The molecule has 0 spiro atoms. The van der Waals surface area contributed by atoms with E-state index in [2.05, 4.69) is 5.32 Å². The van der Waals surface area contributed by atoms with E-state index in [0.29, 0.717) is 19.6 Å². The second kappa shape index (κ2) is 7.00.